The van der Waals surface area contributed by atoms with Gasteiger partial charge < -0.3 is 10.2 Å². The lowest BCUT2D eigenvalue weighted by atomic mass is 9.86. The van der Waals surface area contributed by atoms with E-state index < -0.39 is 0 Å². The second-order valence-electron chi connectivity index (χ2n) is 6.05. The minimum absolute atomic E-state index is 0.249. The van der Waals surface area contributed by atoms with Crippen LogP contribution in [-0.4, -0.2) is 10.2 Å². The fraction of sp³-hybridized carbons (Fsp3) is 0.238. The van der Waals surface area contributed by atoms with Crippen molar-refractivity contribution in [1.29, 1.82) is 0 Å². The summed E-state index contributed by atoms with van der Waals surface area (Å²) in [7, 11) is 0. The fourth-order valence-electron chi connectivity index (χ4n) is 3.03. The quantitative estimate of drug-likeness (QED) is 0.777. The molecule has 3 rings (SSSR count). The van der Waals surface area contributed by atoms with E-state index >= 15 is 0 Å². The van der Waals surface area contributed by atoms with Gasteiger partial charge in [-0.15, -0.1) is 0 Å². The van der Waals surface area contributed by atoms with Gasteiger partial charge in [-0.3, -0.25) is 0 Å². The number of hydrogen-bond donors (Lipinski definition) is 2. The predicted octanol–water partition coefficient (Wildman–Crippen LogP) is 5.04. The SMILES string of the molecule is CCCc1cc(C2C=CC(c3ccc(O)cc3)C=C2)ccc1O. The third-order valence-electron chi connectivity index (χ3n) is 4.34. The number of phenolic OH excluding ortho intramolecular Hbond substituents is 2. The van der Waals surface area contributed by atoms with Gasteiger partial charge in [-0.25, -0.2) is 0 Å². The number of aromatic hydroxyl groups is 2. The number of phenols is 2. The third kappa shape index (κ3) is 3.48. The molecular formula is C21H22O2. The molecule has 2 aromatic rings. The molecule has 0 spiro atoms. The molecule has 0 aromatic heterocycles. The average Bonchev–Trinajstić information content (AvgIpc) is 2.58. The molecule has 0 unspecified atom stereocenters. The van der Waals surface area contributed by atoms with Crippen LogP contribution in [0.25, 0.3) is 0 Å². The van der Waals surface area contributed by atoms with E-state index in [-0.39, 0.29) is 11.8 Å². The molecule has 0 amide bonds. The highest BCUT2D eigenvalue weighted by Gasteiger charge is 2.14. The molecule has 0 radical (unpaired) electrons. The molecule has 2 aromatic carbocycles. The van der Waals surface area contributed by atoms with Crippen LogP contribution < -0.4 is 0 Å². The van der Waals surface area contributed by atoms with Gasteiger partial charge in [0.2, 0.25) is 0 Å². The van der Waals surface area contributed by atoms with E-state index in [0.717, 1.165) is 18.4 Å². The van der Waals surface area contributed by atoms with Crippen LogP contribution in [0.15, 0.2) is 66.8 Å². The summed E-state index contributed by atoms with van der Waals surface area (Å²) in [6, 6.07) is 13.3. The van der Waals surface area contributed by atoms with Crippen LogP contribution in [0.2, 0.25) is 0 Å². The Labute approximate surface area is 137 Å². The van der Waals surface area contributed by atoms with E-state index in [9.17, 15) is 10.2 Å². The van der Waals surface area contributed by atoms with Crippen LogP contribution in [0.5, 0.6) is 11.5 Å². The molecule has 1 aliphatic carbocycles. The molecule has 23 heavy (non-hydrogen) atoms. The van der Waals surface area contributed by atoms with Crippen molar-refractivity contribution in [2.45, 2.75) is 31.6 Å². The Hall–Kier alpha value is -2.48. The highest BCUT2D eigenvalue weighted by atomic mass is 16.3. The normalized spacial score (nSPS) is 19.9. The molecule has 1 aliphatic rings. The van der Waals surface area contributed by atoms with Crippen LogP contribution in [0.4, 0.5) is 0 Å². The summed E-state index contributed by atoms with van der Waals surface area (Å²) in [4.78, 5) is 0. The van der Waals surface area contributed by atoms with Crippen molar-refractivity contribution in [3.8, 4) is 11.5 Å². The second-order valence-corrected chi connectivity index (χ2v) is 6.05. The summed E-state index contributed by atoms with van der Waals surface area (Å²) in [5, 5.41) is 19.3. The van der Waals surface area contributed by atoms with Crippen molar-refractivity contribution in [3.63, 3.8) is 0 Å². The van der Waals surface area contributed by atoms with E-state index in [1.54, 1.807) is 18.2 Å². The molecule has 0 fully saturated rings. The maximum Gasteiger partial charge on any atom is 0.118 e. The van der Waals surface area contributed by atoms with E-state index in [0.29, 0.717) is 11.5 Å². The standard InChI is InChI=1S/C21H22O2/c1-2-3-19-14-18(10-13-21(19)23)17-6-4-15(5-7-17)16-8-11-20(22)12-9-16/h4-15,17,22-23H,2-3H2,1H3. The van der Waals surface area contributed by atoms with Crippen LogP contribution in [0.3, 0.4) is 0 Å². The van der Waals surface area contributed by atoms with Gasteiger partial charge in [-0.2, -0.15) is 0 Å². The van der Waals surface area contributed by atoms with Crippen molar-refractivity contribution >= 4 is 0 Å². The van der Waals surface area contributed by atoms with Crippen LogP contribution in [-0.2, 0) is 6.42 Å². The predicted molar refractivity (Wildman–Crippen MR) is 94.0 cm³/mol. The molecule has 0 saturated carbocycles. The van der Waals surface area contributed by atoms with Gasteiger partial charge in [0, 0.05) is 11.8 Å². The zero-order valence-corrected chi connectivity index (χ0v) is 13.3. The number of rotatable bonds is 4. The molecular weight excluding hydrogens is 284 g/mol. The van der Waals surface area contributed by atoms with E-state index in [1.165, 1.54) is 11.1 Å². The first kappa shape index (κ1) is 15.4. The number of allylic oxidation sites excluding steroid dienone is 4. The third-order valence-corrected chi connectivity index (χ3v) is 4.34. The smallest absolute Gasteiger partial charge is 0.118 e. The second kappa shape index (κ2) is 6.74. The fourth-order valence-corrected chi connectivity index (χ4v) is 3.03. The monoisotopic (exact) mass is 306 g/mol. The molecule has 0 bridgehead atoms. The summed E-state index contributed by atoms with van der Waals surface area (Å²) in [6.07, 6.45) is 10.7. The van der Waals surface area contributed by atoms with Gasteiger partial charge in [0.05, 0.1) is 0 Å². The molecule has 2 N–H and O–H groups in total. The van der Waals surface area contributed by atoms with Crippen molar-refractivity contribution in [2.75, 3.05) is 0 Å². The Bertz CT molecular complexity index is 712. The highest BCUT2D eigenvalue weighted by Crippen LogP contribution is 2.32. The summed E-state index contributed by atoms with van der Waals surface area (Å²) in [6.45, 7) is 2.12. The van der Waals surface area contributed by atoms with E-state index in [1.807, 2.05) is 18.2 Å². The van der Waals surface area contributed by atoms with Crippen molar-refractivity contribution in [1.82, 2.24) is 0 Å². The molecule has 0 aliphatic heterocycles. The van der Waals surface area contributed by atoms with Crippen molar-refractivity contribution in [3.05, 3.63) is 83.5 Å². The Balaban J connectivity index is 1.77. The van der Waals surface area contributed by atoms with Gasteiger partial charge in [-0.05, 0) is 41.3 Å². The van der Waals surface area contributed by atoms with Crippen LogP contribution in [0, 0.1) is 0 Å². The Morgan fingerprint density at radius 1 is 0.783 bits per heavy atom. The topological polar surface area (TPSA) is 40.5 Å². The first-order valence-corrected chi connectivity index (χ1v) is 8.14. The molecule has 118 valence electrons. The summed E-state index contributed by atoms with van der Waals surface area (Å²) < 4.78 is 0. The molecule has 2 nitrogen and oxygen atoms in total. The maximum absolute atomic E-state index is 9.92. The molecule has 0 heterocycles. The minimum Gasteiger partial charge on any atom is -0.508 e. The molecule has 0 saturated heterocycles. The summed E-state index contributed by atoms with van der Waals surface area (Å²) in [5.74, 6) is 1.18. The summed E-state index contributed by atoms with van der Waals surface area (Å²) >= 11 is 0. The number of hydrogen-bond acceptors (Lipinski definition) is 2. The first-order chi connectivity index (χ1) is 11.2. The average molecular weight is 306 g/mol. The van der Waals surface area contributed by atoms with Crippen LogP contribution in [0.1, 0.15) is 41.9 Å². The summed E-state index contributed by atoms with van der Waals surface area (Å²) in [5.41, 5.74) is 3.40. The minimum atomic E-state index is 0.249. The molecule has 2 heteroatoms. The van der Waals surface area contributed by atoms with Gasteiger partial charge in [-0.1, -0.05) is 61.9 Å². The number of aryl methyl sites for hydroxylation is 1. The van der Waals surface area contributed by atoms with Gasteiger partial charge in [0.15, 0.2) is 0 Å². The van der Waals surface area contributed by atoms with Gasteiger partial charge in [0.1, 0.15) is 11.5 Å². The van der Waals surface area contributed by atoms with Crippen molar-refractivity contribution in [2.24, 2.45) is 0 Å². The lowest BCUT2D eigenvalue weighted by molar-refractivity contribution is 0.467. The zero-order chi connectivity index (χ0) is 16.2. The largest absolute Gasteiger partial charge is 0.508 e. The maximum atomic E-state index is 9.92. The first-order valence-electron chi connectivity index (χ1n) is 8.14. The van der Waals surface area contributed by atoms with Gasteiger partial charge >= 0.3 is 0 Å². The lowest BCUT2D eigenvalue weighted by Crippen LogP contribution is -2.01. The zero-order valence-electron chi connectivity index (χ0n) is 13.3. The highest BCUT2D eigenvalue weighted by molar-refractivity contribution is 5.43. The van der Waals surface area contributed by atoms with E-state index in [2.05, 4.69) is 37.3 Å². The van der Waals surface area contributed by atoms with Crippen molar-refractivity contribution < 1.29 is 10.2 Å². The Morgan fingerprint density at radius 2 is 1.35 bits per heavy atom. The Kier molecular flexibility index (Phi) is 4.52. The van der Waals surface area contributed by atoms with Gasteiger partial charge in [0.25, 0.3) is 0 Å². The Morgan fingerprint density at radius 3 is 1.96 bits per heavy atom. The number of benzene rings is 2. The lowest BCUT2D eigenvalue weighted by Gasteiger charge is -2.18. The molecule has 0 atom stereocenters. The van der Waals surface area contributed by atoms with Crippen LogP contribution >= 0.6 is 0 Å². The van der Waals surface area contributed by atoms with E-state index in [4.69, 9.17) is 0 Å².